The number of amides is 2. The molecule has 0 aliphatic carbocycles. The van der Waals surface area contributed by atoms with Gasteiger partial charge in [-0.15, -0.1) is 0 Å². The number of nitrogens with one attached hydrogen (secondary N) is 1. The molecule has 176 valence electrons. The third-order valence-electron chi connectivity index (χ3n) is 5.20. The van der Waals surface area contributed by atoms with E-state index in [4.69, 9.17) is 21.7 Å². The summed E-state index contributed by atoms with van der Waals surface area (Å²) in [5.74, 6) is -1.55. The molecule has 9 heteroatoms. The van der Waals surface area contributed by atoms with Crippen LogP contribution in [0.25, 0.3) is 6.08 Å². The van der Waals surface area contributed by atoms with Crippen LogP contribution in [0.2, 0.25) is 0 Å². The SMILES string of the molecule is COc1cc(/C=C2\C(=O)NC(=S)N(c3ccccc3)C2=O)ccc1OCc1ccc(C(=O)[O-])cc1. The Morgan fingerprint density at radius 1 is 1.03 bits per heavy atom. The molecule has 0 bridgehead atoms. The molecule has 1 saturated heterocycles. The Kier molecular flexibility index (Phi) is 6.88. The van der Waals surface area contributed by atoms with Crippen LogP contribution < -0.4 is 24.8 Å². The van der Waals surface area contributed by atoms with Gasteiger partial charge in [0.2, 0.25) is 0 Å². The highest BCUT2D eigenvalue weighted by Gasteiger charge is 2.34. The fourth-order valence-corrected chi connectivity index (χ4v) is 3.71. The minimum Gasteiger partial charge on any atom is -0.545 e. The molecule has 1 aliphatic rings. The number of thiocarbonyl (C=S) groups is 1. The summed E-state index contributed by atoms with van der Waals surface area (Å²) >= 11 is 5.20. The molecular weight excluding hydrogens is 468 g/mol. The van der Waals surface area contributed by atoms with Crippen molar-refractivity contribution in [2.45, 2.75) is 6.61 Å². The minimum absolute atomic E-state index is 0.0114. The highest BCUT2D eigenvalue weighted by molar-refractivity contribution is 7.80. The monoisotopic (exact) mass is 487 g/mol. The molecule has 0 spiro atoms. The van der Waals surface area contributed by atoms with E-state index in [1.54, 1.807) is 54.6 Å². The van der Waals surface area contributed by atoms with Crippen LogP contribution in [-0.4, -0.2) is 30.0 Å². The minimum atomic E-state index is -1.25. The topological polar surface area (TPSA) is 108 Å². The number of carboxylic acid groups (broad SMARTS) is 1. The quantitative estimate of drug-likeness (QED) is 0.310. The second-order valence-electron chi connectivity index (χ2n) is 7.48. The molecule has 8 nitrogen and oxygen atoms in total. The van der Waals surface area contributed by atoms with E-state index in [2.05, 4.69) is 5.32 Å². The lowest BCUT2D eigenvalue weighted by Crippen LogP contribution is -2.54. The molecule has 4 rings (SSSR count). The third-order valence-corrected chi connectivity index (χ3v) is 5.48. The summed E-state index contributed by atoms with van der Waals surface area (Å²) in [6.45, 7) is 0.175. The Labute approximate surface area is 206 Å². The number of hydrogen-bond acceptors (Lipinski definition) is 7. The number of anilines is 1. The van der Waals surface area contributed by atoms with Gasteiger partial charge in [0.25, 0.3) is 11.8 Å². The smallest absolute Gasteiger partial charge is 0.270 e. The van der Waals surface area contributed by atoms with Crippen molar-refractivity contribution in [1.29, 1.82) is 0 Å². The molecule has 1 heterocycles. The number of rotatable bonds is 7. The zero-order valence-corrected chi connectivity index (χ0v) is 19.3. The maximum absolute atomic E-state index is 13.1. The number of carbonyl (C=O) groups excluding carboxylic acids is 3. The highest BCUT2D eigenvalue weighted by Crippen LogP contribution is 2.30. The van der Waals surface area contributed by atoms with Crippen LogP contribution in [-0.2, 0) is 16.2 Å². The van der Waals surface area contributed by atoms with E-state index in [0.717, 1.165) is 5.56 Å². The zero-order chi connectivity index (χ0) is 24.9. The predicted octanol–water partition coefficient (Wildman–Crippen LogP) is 2.47. The van der Waals surface area contributed by atoms with Crippen LogP contribution in [0.4, 0.5) is 5.69 Å². The van der Waals surface area contributed by atoms with Gasteiger partial charge in [0.05, 0.1) is 18.8 Å². The van der Waals surface area contributed by atoms with E-state index in [-0.39, 0.29) is 22.9 Å². The first-order valence-corrected chi connectivity index (χ1v) is 10.9. The van der Waals surface area contributed by atoms with Gasteiger partial charge in [-0.2, -0.15) is 0 Å². The Balaban J connectivity index is 1.55. The Bertz CT molecular complexity index is 1340. The van der Waals surface area contributed by atoms with Crippen LogP contribution in [0.5, 0.6) is 11.5 Å². The van der Waals surface area contributed by atoms with Gasteiger partial charge in [-0.25, -0.2) is 0 Å². The molecule has 1 N–H and O–H groups in total. The number of nitrogens with zero attached hydrogens (tertiary/aromatic N) is 1. The van der Waals surface area contributed by atoms with Crippen LogP contribution in [0.1, 0.15) is 21.5 Å². The molecule has 0 aromatic heterocycles. The molecule has 1 aliphatic heterocycles. The molecule has 3 aromatic rings. The van der Waals surface area contributed by atoms with E-state index < -0.39 is 17.8 Å². The maximum Gasteiger partial charge on any atom is 0.270 e. The maximum atomic E-state index is 13.1. The third kappa shape index (κ3) is 5.20. The molecule has 0 saturated carbocycles. The predicted molar refractivity (Wildman–Crippen MR) is 131 cm³/mol. The van der Waals surface area contributed by atoms with E-state index in [1.807, 2.05) is 6.07 Å². The van der Waals surface area contributed by atoms with Crippen molar-refractivity contribution in [3.63, 3.8) is 0 Å². The normalized spacial score (nSPS) is 14.6. The summed E-state index contributed by atoms with van der Waals surface area (Å²) in [6, 6.07) is 19.9. The van der Waals surface area contributed by atoms with Crippen LogP contribution in [0.3, 0.4) is 0 Å². The van der Waals surface area contributed by atoms with Gasteiger partial charge in [-0.1, -0.05) is 48.5 Å². The lowest BCUT2D eigenvalue weighted by Gasteiger charge is -2.28. The summed E-state index contributed by atoms with van der Waals surface area (Å²) in [5.41, 5.74) is 1.85. The molecule has 35 heavy (non-hydrogen) atoms. The number of ether oxygens (including phenoxy) is 2. The summed E-state index contributed by atoms with van der Waals surface area (Å²) < 4.78 is 11.2. The number of benzene rings is 3. The molecule has 3 aromatic carbocycles. The van der Waals surface area contributed by atoms with Gasteiger partial charge in [-0.05, 0) is 59.2 Å². The second kappa shape index (κ2) is 10.2. The fourth-order valence-electron chi connectivity index (χ4n) is 3.43. The van der Waals surface area contributed by atoms with Gasteiger partial charge in [0.15, 0.2) is 16.6 Å². The van der Waals surface area contributed by atoms with Crippen molar-refractivity contribution in [3.05, 3.63) is 95.1 Å². The number of aromatic carboxylic acids is 1. The largest absolute Gasteiger partial charge is 0.545 e. The van der Waals surface area contributed by atoms with Gasteiger partial charge in [0.1, 0.15) is 12.2 Å². The average Bonchev–Trinajstić information content (AvgIpc) is 2.86. The van der Waals surface area contributed by atoms with E-state index in [1.165, 1.54) is 30.2 Å². The van der Waals surface area contributed by atoms with Crippen LogP contribution in [0, 0.1) is 0 Å². The number of carboxylic acids is 1. The summed E-state index contributed by atoms with van der Waals surface area (Å²) in [6.07, 6.45) is 1.46. The van der Waals surface area contributed by atoms with E-state index >= 15 is 0 Å². The Hall–Kier alpha value is -4.50. The second-order valence-corrected chi connectivity index (χ2v) is 7.86. The van der Waals surface area contributed by atoms with Gasteiger partial charge in [0, 0.05) is 0 Å². The van der Waals surface area contributed by atoms with Crippen molar-refractivity contribution in [1.82, 2.24) is 5.32 Å². The Morgan fingerprint density at radius 2 is 1.74 bits per heavy atom. The first-order valence-electron chi connectivity index (χ1n) is 10.4. The lowest BCUT2D eigenvalue weighted by molar-refractivity contribution is -0.255. The first kappa shape index (κ1) is 23.7. The van der Waals surface area contributed by atoms with Crippen LogP contribution in [0.15, 0.2) is 78.4 Å². The fraction of sp³-hybridized carbons (Fsp3) is 0.0769. The molecule has 0 atom stereocenters. The zero-order valence-electron chi connectivity index (χ0n) is 18.5. The average molecular weight is 488 g/mol. The number of para-hydroxylation sites is 1. The number of methoxy groups -OCH3 is 1. The van der Waals surface area contributed by atoms with Crippen molar-refractivity contribution in [2.75, 3.05) is 12.0 Å². The standard InChI is InChI=1S/C26H20N2O6S/c1-33-22-14-17(9-12-21(22)34-15-16-7-10-18(11-8-16)25(31)32)13-20-23(29)27-26(35)28(24(20)30)19-5-3-2-4-6-19/h2-14H,15H2,1H3,(H,31,32)(H,27,29,35)/p-1/b20-13+. The molecule has 0 unspecified atom stereocenters. The van der Waals surface area contributed by atoms with Gasteiger partial charge < -0.3 is 19.4 Å². The molecule has 2 amide bonds. The van der Waals surface area contributed by atoms with Gasteiger partial charge >= 0.3 is 0 Å². The Morgan fingerprint density at radius 3 is 2.40 bits per heavy atom. The highest BCUT2D eigenvalue weighted by atomic mass is 32.1. The lowest BCUT2D eigenvalue weighted by atomic mass is 10.1. The van der Waals surface area contributed by atoms with Crippen molar-refractivity contribution < 1.29 is 29.0 Å². The molecule has 1 fully saturated rings. The summed E-state index contributed by atoms with van der Waals surface area (Å²) in [4.78, 5) is 37.8. The van der Waals surface area contributed by atoms with Crippen molar-refractivity contribution >= 4 is 46.9 Å². The van der Waals surface area contributed by atoms with E-state index in [9.17, 15) is 19.5 Å². The number of carbonyl (C=O) groups is 3. The van der Waals surface area contributed by atoms with Crippen LogP contribution >= 0.6 is 12.2 Å². The first-order chi connectivity index (χ1) is 16.9. The summed E-state index contributed by atoms with van der Waals surface area (Å²) in [5, 5.41) is 13.4. The summed E-state index contributed by atoms with van der Waals surface area (Å²) in [7, 11) is 1.47. The number of hydrogen-bond donors (Lipinski definition) is 1. The van der Waals surface area contributed by atoms with Gasteiger partial charge in [-0.3, -0.25) is 19.8 Å². The van der Waals surface area contributed by atoms with Crippen molar-refractivity contribution in [2.24, 2.45) is 0 Å². The molecular formula is C26H19N2O6S-. The molecule has 0 radical (unpaired) electrons. The van der Waals surface area contributed by atoms with Crippen molar-refractivity contribution in [3.8, 4) is 11.5 Å². The van der Waals surface area contributed by atoms with E-state index in [0.29, 0.717) is 22.7 Å².